The Kier molecular flexibility index (Phi) is 9.46. The molecule has 3 aromatic heterocycles. The fourth-order valence-corrected chi connectivity index (χ4v) is 4.68. The molecule has 1 amide bonds. The van der Waals surface area contributed by atoms with Gasteiger partial charge < -0.3 is 24.4 Å². The lowest BCUT2D eigenvalue weighted by molar-refractivity contribution is -0.111. The van der Waals surface area contributed by atoms with Crippen molar-refractivity contribution in [3.8, 4) is 28.1 Å². The number of carbonyl (C=O) groups is 1. The number of rotatable bonds is 12. The summed E-state index contributed by atoms with van der Waals surface area (Å²) in [5.41, 5.74) is 4.47. The molecule has 11 nitrogen and oxygen atoms in total. The van der Waals surface area contributed by atoms with Gasteiger partial charge in [0.25, 0.3) is 0 Å². The van der Waals surface area contributed by atoms with Gasteiger partial charge in [0.2, 0.25) is 11.8 Å². The zero-order valence-corrected chi connectivity index (χ0v) is 23.7. The van der Waals surface area contributed by atoms with Crippen molar-refractivity contribution in [2.24, 2.45) is 0 Å². The Balaban J connectivity index is 1.70. The molecule has 0 saturated heterocycles. The second-order valence-corrected chi connectivity index (χ2v) is 10.5. The summed E-state index contributed by atoms with van der Waals surface area (Å²) in [6.07, 6.45) is 8.44. The van der Waals surface area contributed by atoms with Crippen LogP contribution in [0.4, 0.5) is 5.69 Å². The largest absolute Gasteiger partial charge is 0.481 e. The minimum atomic E-state index is -4.22. The van der Waals surface area contributed by atoms with Crippen LogP contribution in [0.15, 0.2) is 73.2 Å². The minimum absolute atomic E-state index is 0.0375. The number of nitrogens with zero attached hydrogens (tertiary/aromatic N) is 4. The normalized spacial score (nSPS) is 13.2. The van der Waals surface area contributed by atoms with Crippen LogP contribution < -0.4 is 10.1 Å². The molecule has 0 spiro atoms. The van der Waals surface area contributed by atoms with Crippen LogP contribution in [0.3, 0.4) is 0 Å². The first kappa shape index (κ1) is 29.1. The SMILES string of the molecule is CCOP(=O)(O)OCn1cc(-c2ccnc(OC)c2)c2cc(-c3cccc(NC(=O)/C=C/CN(C)C)c3)cnc21. The Bertz CT molecular complexity index is 1570. The molecule has 40 heavy (non-hydrogen) atoms. The number of benzene rings is 1. The summed E-state index contributed by atoms with van der Waals surface area (Å²) in [6.45, 7) is 2.06. The van der Waals surface area contributed by atoms with Crippen molar-refractivity contribution < 1.29 is 28.0 Å². The fraction of sp³-hybridized carbons (Fsp3) is 0.250. The predicted molar refractivity (Wildman–Crippen MR) is 154 cm³/mol. The molecular weight excluding hydrogens is 533 g/mol. The molecular formula is C28H32N5O6P. The first-order valence-electron chi connectivity index (χ1n) is 12.5. The molecule has 1 atom stereocenters. The monoisotopic (exact) mass is 565 g/mol. The first-order chi connectivity index (χ1) is 19.2. The van der Waals surface area contributed by atoms with E-state index in [1.165, 1.54) is 6.08 Å². The molecule has 210 valence electrons. The zero-order valence-electron chi connectivity index (χ0n) is 22.8. The van der Waals surface area contributed by atoms with Gasteiger partial charge in [-0.1, -0.05) is 18.2 Å². The van der Waals surface area contributed by atoms with Gasteiger partial charge in [0.05, 0.1) is 13.7 Å². The van der Waals surface area contributed by atoms with E-state index in [4.69, 9.17) is 13.8 Å². The van der Waals surface area contributed by atoms with Crippen LogP contribution in [0.2, 0.25) is 0 Å². The second-order valence-electron chi connectivity index (χ2n) is 9.07. The Labute approximate surface area is 232 Å². The van der Waals surface area contributed by atoms with Crippen molar-refractivity contribution in [3.05, 3.63) is 73.2 Å². The van der Waals surface area contributed by atoms with Gasteiger partial charge in [0.1, 0.15) is 12.4 Å². The number of anilines is 1. The number of methoxy groups -OCH3 is 1. The summed E-state index contributed by atoms with van der Waals surface area (Å²) in [7, 11) is 1.18. The number of hydrogen-bond acceptors (Lipinski definition) is 8. The number of carbonyl (C=O) groups excluding carboxylic acids is 1. The third kappa shape index (κ3) is 7.41. The molecule has 1 unspecified atom stereocenters. The molecule has 0 aliphatic carbocycles. The Morgan fingerprint density at radius 3 is 2.70 bits per heavy atom. The minimum Gasteiger partial charge on any atom is -0.481 e. The molecule has 0 saturated carbocycles. The van der Waals surface area contributed by atoms with E-state index >= 15 is 0 Å². The maximum atomic E-state index is 12.3. The van der Waals surface area contributed by atoms with Crippen LogP contribution in [0, 0.1) is 0 Å². The smallest absolute Gasteiger partial charge is 0.473 e. The fourth-order valence-electron chi connectivity index (χ4n) is 4.01. The third-order valence-corrected chi connectivity index (χ3v) is 6.85. The van der Waals surface area contributed by atoms with Gasteiger partial charge in [-0.25, -0.2) is 14.5 Å². The number of aromatic nitrogens is 3. The molecule has 0 aliphatic rings. The molecule has 0 bridgehead atoms. The number of phosphoric acid groups is 1. The van der Waals surface area contributed by atoms with Crippen LogP contribution in [0.1, 0.15) is 6.92 Å². The van der Waals surface area contributed by atoms with Crippen LogP contribution >= 0.6 is 7.82 Å². The van der Waals surface area contributed by atoms with Crippen LogP contribution in [0.5, 0.6) is 5.88 Å². The quantitative estimate of drug-likeness (QED) is 0.181. The third-order valence-electron chi connectivity index (χ3n) is 5.82. The van der Waals surface area contributed by atoms with E-state index in [0.717, 1.165) is 27.6 Å². The average Bonchev–Trinajstić information content (AvgIpc) is 3.30. The summed E-state index contributed by atoms with van der Waals surface area (Å²) in [5, 5.41) is 3.67. The molecule has 12 heteroatoms. The molecule has 0 fully saturated rings. The standard InChI is InChI=1S/C28H32N5O6P/c1-5-38-40(35,36)39-19-33-18-25(21-11-12-29-27(16-21)37-4)24-15-22(17-30-28(24)33)20-8-6-9-23(14-20)31-26(34)10-7-13-32(2)3/h6-12,14-18H,5,13,19H2,1-4H3,(H,31,34)(H,35,36)/b10-7+. The van der Waals surface area contributed by atoms with Gasteiger partial charge in [-0.05, 0) is 56.4 Å². The number of ether oxygens (including phenoxy) is 1. The lowest BCUT2D eigenvalue weighted by Crippen LogP contribution is -2.12. The van der Waals surface area contributed by atoms with Crippen molar-refractivity contribution in [2.75, 3.05) is 39.7 Å². The van der Waals surface area contributed by atoms with Gasteiger partial charge >= 0.3 is 7.82 Å². The summed E-state index contributed by atoms with van der Waals surface area (Å²) < 4.78 is 29.1. The van der Waals surface area contributed by atoms with Crippen molar-refractivity contribution in [2.45, 2.75) is 13.7 Å². The van der Waals surface area contributed by atoms with Crippen molar-refractivity contribution in [1.29, 1.82) is 0 Å². The summed E-state index contributed by atoms with van der Waals surface area (Å²) in [5.74, 6) is 0.227. The topological polar surface area (TPSA) is 128 Å². The number of fused-ring (bicyclic) bond motifs is 1. The Hall–Kier alpha value is -3.86. The van der Waals surface area contributed by atoms with Gasteiger partial charge in [0.15, 0.2) is 0 Å². The highest BCUT2D eigenvalue weighted by atomic mass is 31.2. The highest BCUT2D eigenvalue weighted by Crippen LogP contribution is 2.44. The number of hydrogen-bond donors (Lipinski definition) is 2. The van der Waals surface area contributed by atoms with Crippen molar-refractivity contribution in [1.82, 2.24) is 19.4 Å². The van der Waals surface area contributed by atoms with Crippen LogP contribution in [-0.4, -0.2) is 64.6 Å². The van der Waals surface area contributed by atoms with Gasteiger partial charge in [0, 0.05) is 59.5 Å². The molecule has 1 aromatic carbocycles. The summed E-state index contributed by atoms with van der Waals surface area (Å²) in [6, 6.07) is 13.1. The van der Waals surface area contributed by atoms with Gasteiger partial charge in [-0.2, -0.15) is 0 Å². The summed E-state index contributed by atoms with van der Waals surface area (Å²) >= 11 is 0. The number of phosphoric ester groups is 1. The van der Waals surface area contributed by atoms with Crippen molar-refractivity contribution >= 4 is 30.5 Å². The van der Waals surface area contributed by atoms with Crippen molar-refractivity contribution in [3.63, 3.8) is 0 Å². The molecule has 0 aliphatic heterocycles. The maximum absolute atomic E-state index is 12.3. The van der Waals surface area contributed by atoms with E-state index in [-0.39, 0.29) is 19.2 Å². The zero-order chi connectivity index (χ0) is 28.7. The first-order valence-corrected chi connectivity index (χ1v) is 14.0. The van der Waals surface area contributed by atoms with E-state index in [2.05, 4.69) is 15.3 Å². The van der Waals surface area contributed by atoms with E-state index in [1.54, 1.807) is 49.3 Å². The number of amides is 1. The molecule has 4 rings (SSSR count). The molecule has 3 heterocycles. The highest BCUT2D eigenvalue weighted by Gasteiger charge is 2.22. The van der Waals surface area contributed by atoms with E-state index in [1.807, 2.05) is 55.4 Å². The Morgan fingerprint density at radius 2 is 1.95 bits per heavy atom. The highest BCUT2D eigenvalue weighted by molar-refractivity contribution is 7.47. The van der Waals surface area contributed by atoms with Gasteiger partial charge in [-0.15, -0.1) is 0 Å². The number of pyridine rings is 2. The van der Waals surface area contributed by atoms with E-state index in [0.29, 0.717) is 23.8 Å². The lowest BCUT2D eigenvalue weighted by atomic mass is 10.0. The van der Waals surface area contributed by atoms with Gasteiger partial charge in [-0.3, -0.25) is 13.8 Å². The predicted octanol–water partition coefficient (Wildman–Crippen LogP) is 4.94. The maximum Gasteiger partial charge on any atom is 0.473 e. The summed E-state index contributed by atoms with van der Waals surface area (Å²) in [4.78, 5) is 33.1. The average molecular weight is 566 g/mol. The van der Waals surface area contributed by atoms with Crippen LogP contribution in [-0.2, 0) is 25.1 Å². The number of likely N-dealkylation sites (N-methyl/N-ethyl adjacent to an activating group) is 1. The van der Waals surface area contributed by atoms with E-state index < -0.39 is 7.82 Å². The molecule has 0 radical (unpaired) electrons. The van der Waals surface area contributed by atoms with Crippen LogP contribution in [0.25, 0.3) is 33.3 Å². The molecule has 4 aromatic rings. The lowest BCUT2D eigenvalue weighted by Gasteiger charge is -2.12. The molecule has 2 N–H and O–H groups in total. The number of nitrogens with one attached hydrogen (secondary N) is 1. The van der Waals surface area contributed by atoms with E-state index in [9.17, 15) is 14.3 Å². The second kappa shape index (κ2) is 13.0. The Morgan fingerprint density at radius 1 is 1.12 bits per heavy atom.